The number of hydrogen-bond acceptors (Lipinski definition) is 1. The Bertz CT molecular complexity index is 325. The van der Waals surface area contributed by atoms with E-state index in [9.17, 15) is 9.18 Å². The molecule has 0 aliphatic heterocycles. The molecule has 0 saturated carbocycles. The second-order valence-corrected chi connectivity index (χ2v) is 3.47. The average Bonchev–Trinajstić information content (AvgIpc) is 2.24. The van der Waals surface area contributed by atoms with Crippen molar-refractivity contribution in [3.63, 3.8) is 0 Å². The average molecular weight is 209 g/mol. The molecule has 0 spiro atoms. The van der Waals surface area contributed by atoms with Crippen molar-refractivity contribution in [2.75, 3.05) is 6.54 Å². The van der Waals surface area contributed by atoms with Crippen molar-refractivity contribution in [1.29, 1.82) is 0 Å². The lowest BCUT2D eigenvalue weighted by Crippen LogP contribution is -2.24. The van der Waals surface area contributed by atoms with Crippen LogP contribution in [0.5, 0.6) is 0 Å². The summed E-state index contributed by atoms with van der Waals surface area (Å²) in [5.41, 5.74) is 0.381. The third-order valence-corrected chi connectivity index (χ3v) is 2.15. The van der Waals surface area contributed by atoms with Gasteiger partial charge in [-0.2, -0.15) is 0 Å². The lowest BCUT2D eigenvalue weighted by atomic mass is 10.2. The molecule has 82 valence electrons. The minimum absolute atomic E-state index is 0.203. The third kappa shape index (κ3) is 4.11. The van der Waals surface area contributed by atoms with Crippen LogP contribution in [-0.2, 0) is 0 Å². The number of hydrogen-bond donors (Lipinski definition) is 1. The molecule has 0 heterocycles. The molecule has 0 fully saturated rings. The molecule has 1 amide bonds. The maximum Gasteiger partial charge on any atom is 0.251 e. The monoisotopic (exact) mass is 209 g/mol. The maximum absolute atomic E-state index is 12.8. The fraction of sp³-hybridized carbons (Fsp3) is 0.417. The Kier molecular flexibility index (Phi) is 4.81. The molecule has 3 heteroatoms. The van der Waals surface area contributed by atoms with Gasteiger partial charge in [0.2, 0.25) is 0 Å². The molecule has 0 radical (unpaired) electrons. The Hall–Kier alpha value is -1.38. The van der Waals surface area contributed by atoms with E-state index in [0.717, 1.165) is 19.3 Å². The summed E-state index contributed by atoms with van der Waals surface area (Å²) in [6, 6.07) is 5.72. The molecule has 0 atom stereocenters. The van der Waals surface area contributed by atoms with E-state index in [4.69, 9.17) is 0 Å². The Balaban J connectivity index is 2.40. The van der Waals surface area contributed by atoms with Crippen LogP contribution in [0, 0.1) is 5.82 Å². The van der Waals surface area contributed by atoms with E-state index in [0.29, 0.717) is 12.1 Å². The number of unbranched alkanes of at least 4 members (excludes halogenated alkanes) is 2. The molecule has 2 nitrogen and oxygen atoms in total. The Labute approximate surface area is 89.5 Å². The number of halogens is 1. The first kappa shape index (κ1) is 11.7. The zero-order valence-corrected chi connectivity index (χ0v) is 8.92. The van der Waals surface area contributed by atoms with Crippen molar-refractivity contribution in [2.24, 2.45) is 0 Å². The van der Waals surface area contributed by atoms with Crippen LogP contribution in [0.1, 0.15) is 36.5 Å². The minimum atomic E-state index is -0.379. The quantitative estimate of drug-likeness (QED) is 0.742. The van der Waals surface area contributed by atoms with Gasteiger partial charge in [-0.1, -0.05) is 25.8 Å². The zero-order chi connectivity index (χ0) is 11.1. The Morgan fingerprint density at radius 1 is 1.40 bits per heavy atom. The number of nitrogens with one attached hydrogen (secondary N) is 1. The van der Waals surface area contributed by atoms with Crippen molar-refractivity contribution >= 4 is 5.91 Å². The number of amides is 1. The van der Waals surface area contributed by atoms with Crippen LogP contribution < -0.4 is 5.32 Å². The van der Waals surface area contributed by atoms with Gasteiger partial charge in [-0.05, 0) is 24.6 Å². The largest absolute Gasteiger partial charge is 0.352 e. The lowest BCUT2D eigenvalue weighted by Gasteiger charge is -2.04. The van der Waals surface area contributed by atoms with Gasteiger partial charge in [0, 0.05) is 12.1 Å². The molecule has 0 unspecified atom stereocenters. The highest BCUT2D eigenvalue weighted by Gasteiger charge is 2.04. The van der Waals surface area contributed by atoms with Crippen molar-refractivity contribution in [3.8, 4) is 0 Å². The zero-order valence-electron chi connectivity index (χ0n) is 8.92. The van der Waals surface area contributed by atoms with E-state index < -0.39 is 0 Å². The van der Waals surface area contributed by atoms with Gasteiger partial charge in [-0.25, -0.2) is 4.39 Å². The first-order valence-corrected chi connectivity index (χ1v) is 5.28. The van der Waals surface area contributed by atoms with Crippen molar-refractivity contribution in [1.82, 2.24) is 5.32 Å². The molecule has 1 aromatic carbocycles. The second-order valence-electron chi connectivity index (χ2n) is 3.47. The van der Waals surface area contributed by atoms with E-state index in [1.165, 1.54) is 18.2 Å². The number of carbonyl (C=O) groups is 1. The highest BCUT2D eigenvalue weighted by atomic mass is 19.1. The summed E-state index contributed by atoms with van der Waals surface area (Å²) in [7, 11) is 0. The molecular formula is C12H16FNO. The molecule has 0 aliphatic carbocycles. The van der Waals surface area contributed by atoms with E-state index in [-0.39, 0.29) is 11.7 Å². The highest BCUT2D eigenvalue weighted by molar-refractivity contribution is 5.94. The van der Waals surface area contributed by atoms with Crippen molar-refractivity contribution < 1.29 is 9.18 Å². The summed E-state index contributed by atoms with van der Waals surface area (Å²) < 4.78 is 12.8. The fourth-order valence-corrected chi connectivity index (χ4v) is 1.31. The summed E-state index contributed by atoms with van der Waals surface area (Å²) in [6.45, 7) is 2.76. The van der Waals surface area contributed by atoms with Gasteiger partial charge in [0.25, 0.3) is 5.91 Å². The maximum atomic E-state index is 12.8. The second kappa shape index (κ2) is 6.17. The summed E-state index contributed by atoms with van der Waals surface area (Å²) in [4.78, 5) is 11.5. The van der Waals surface area contributed by atoms with Crippen LogP contribution in [0.15, 0.2) is 24.3 Å². The smallest absolute Gasteiger partial charge is 0.251 e. The van der Waals surface area contributed by atoms with Crippen LogP contribution >= 0.6 is 0 Å². The normalized spacial score (nSPS) is 10.0. The Morgan fingerprint density at radius 2 is 2.20 bits per heavy atom. The molecular weight excluding hydrogens is 193 g/mol. The number of rotatable bonds is 5. The van der Waals surface area contributed by atoms with Gasteiger partial charge in [0.05, 0.1) is 0 Å². The summed E-state index contributed by atoms with van der Waals surface area (Å²) >= 11 is 0. The molecule has 1 aromatic rings. The topological polar surface area (TPSA) is 29.1 Å². The van der Waals surface area contributed by atoms with Crippen LogP contribution in [0.4, 0.5) is 4.39 Å². The highest BCUT2D eigenvalue weighted by Crippen LogP contribution is 2.03. The van der Waals surface area contributed by atoms with E-state index in [1.54, 1.807) is 6.07 Å². The van der Waals surface area contributed by atoms with Crippen molar-refractivity contribution in [3.05, 3.63) is 35.6 Å². The van der Waals surface area contributed by atoms with Gasteiger partial charge in [-0.3, -0.25) is 4.79 Å². The summed E-state index contributed by atoms with van der Waals surface area (Å²) in [6.07, 6.45) is 3.19. The van der Waals surface area contributed by atoms with E-state index in [1.807, 2.05) is 0 Å². The fourth-order valence-electron chi connectivity index (χ4n) is 1.31. The third-order valence-electron chi connectivity index (χ3n) is 2.15. The van der Waals surface area contributed by atoms with Crippen LogP contribution in [0.25, 0.3) is 0 Å². The summed E-state index contributed by atoms with van der Waals surface area (Å²) in [5.74, 6) is -0.582. The molecule has 15 heavy (non-hydrogen) atoms. The number of carbonyl (C=O) groups excluding carboxylic acids is 1. The Morgan fingerprint density at radius 3 is 2.87 bits per heavy atom. The SMILES string of the molecule is CCCCCNC(=O)c1cccc(F)c1. The predicted molar refractivity (Wildman–Crippen MR) is 58.3 cm³/mol. The van der Waals surface area contributed by atoms with Gasteiger partial charge in [0.15, 0.2) is 0 Å². The first-order valence-electron chi connectivity index (χ1n) is 5.28. The molecule has 0 saturated heterocycles. The number of benzene rings is 1. The van der Waals surface area contributed by atoms with Crippen LogP contribution in [0.2, 0.25) is 0 Å². The molecule has 0 aromatic heterocycles. The van der Waals surface area contributed by atoms with E-state index >= 15 is 0 Å². The predicted octanol–water partition coefficient (Wildman–Crippen LogP) is 2.75. The lowest BCUT2D eigenvalue weighted by molar-refractivity contribution is 0.0952. The van der Waals surface area contributed by atoms with Crippen LogP contribution in [0.3, 0.4) is 0 Å². The molecule has 1 rings (SSSR count). The minimum Gasteiger partial charge on any atom is -0.352 e. The van der Waals surface area contributed by atoms with E-state index in [2.05, 4.69) is 12.2 Å². The summed E-state index contributed by atoms with van der Waals surface area (Å²) in [5, 5.41) is 2.76. The molecule has 0 aliphatic rings. The van der Waals surface area contributed by atoms with Gasteiger partial charge in [0.1, 0.15) is 5.82 Å². The van der Waals surface area contributed by atoms with Gasteiger partial charge in [-0.15, -0.1) is 0 Å². The molecule has 0 bridgehead atoms. The molecule has 1 N–H and O–H groups in total. The van der Waals surface area contributed by atoms with Gasteiger partial charge >= 0.3 is 0 Å². The van der Waals surface area contributed by atoms with Gasteiger partial charge < -0.3 is 5.32 Å². The van der Waals surface area contributed by atoms with Crippen LogP contribution in [-0.4, -0.2) is 12.5 Å². The van der Waals surface area contributed by atoms with Crippen molar-refractivity contribution in [2.45, 2.75) is 26.2 Å². The standard InChI is InChI=1S/C12H16FNO/c1-2-3-4-8-14-12(15)10-6-5-7-11(13)9-10/h5-7,9H,2-4,8H2,1H3,(H,14,15). The first-order chi connectivity index (χ1) is 7.24.